The van der Waals surface area contributed by atoms with Gasteiger partial charge in [-0.25, -0.2) is 4.79 Å². The third kappa shape index (κ3) is 4.10. The van der Waals surface area contributed by atoms with Gasteiger partial charge in [-0.1, -0.05) is 52.3 Å². The van der Waals surface area contributed by atoms with Crippen LogP contribution in [0, 0.1) is 5.92 Å². The topological polar surface area (TPSA) is 29.5 Å². The molecular formula is C18H18BrNO2. The summed E-state index contributed by atoms with van der Waals surface area (Å²) in [5, 5.41) is 0. The summed E-state index contributed by atoms with van der Waals surface area (Å²) < 4.78 is 6.44. The fourth-order valence-corrected chi connectivity index (χ4v) is 2.67. The molecular weight excluding hydrogens is 342 g/mol. The minimum absolute atomic E-state index is 0.283. The van der Waals surface area contributed by atoms with Gasteiger partial charge in [0.1, 0.15) is 6.61 Å². The first-order valence-electron chi connectivity index (χ1n) is 7.46. The Kier molecular flexibility index (Phi) is 4.78. The van der Waals surface area contributed by atoms with E-state index in [1.54, 1.807) is 4.90 Å². The van der Waals surface area contributed by atoms with Crippen molar-refractivity contribution in [3.63, 3.8) is 0 Å². The summed E-state index contributed by atoms with van der Waals surface area (Å²) in [5.74, 6) is 0.600. The van der Waals surface area contributed by atoms with E-state index in [0.717, 1.165) is 22.3 Å². The fourth-order valence-electron chi connectivity index (χ4n) is 2.29. The van der Waals surface area contributed by atoms with Gasteiger partial charge in [-0.2, -0.15) is 0 Å². The van der Waals surface area contributed by atoms with E-state index >= 15 is 0 Å². The van der Waals surface area contributed by atoms with Crippen molar-refractivity contribution < 1.29 is 9.53 Å². The van der Waals surface area contributed by atoms with Crippen LogP contribution in [0.4, 0.5) is 10.5 Å². The van der Waals surface area contributed by atoms with E-state index in [1.165, 1.54) is 12.8 Å². The zero-order chi connectivity index (χ0) is 15.4. The Morgan fingerprint density at radius 1 is 1.14 bits per heavy atom. The number of benzene rings is 2. The first-order valence-corrected chi connectivity index (χ1v) is 8.25. The van der Waals surface area contributed by atoms with Crippen LogP contribution in [-0.4, -0.2) is 12.6 Å². The lowest BCUT2D eigenvalue weighted by Gasteiger charge is -2.22. The molecule has 2 aromatic rings. The normalized spacial score (nSPS) is 13.7. The van der Waals surface area contributed by atoms with Gasteiger partial charge < -0.3 is 4.74 Å². The van der Waals surface area contributed by atoms with Crippen molar-refractivity contribution in [2.75, 3.05) is 11.4 Å². The lowest BCUT2D eigenvalue weighted by Crippen LogP contribution is -2.33. The zero-order valence-electron chi connectivity index (χ0n) is 12.2. The SMILES string of the molecule is O=C(OCc1ccccc1)N(CC1CC1)c1cccc(Br)c1. The Balaban J connectivity index is 1.69. The molecule has 22 heavy (non-hydrogen) atoms. The average Bonchev–Trinajstić information content (AvgIpc) is 3.35. The highest BCUT2D eigenvalue weighted by Crippen LogP contribution is 2.32. The van der Waals surface area contributed by atoms with Crippen molar-refractivity contribution in [1.82, 2.24) is 0 Å². The van der Waals surface area contributed by atoms with Crippen LogP contribution in [0.5, 0.6) is 0 Å². The smallest absolute Gasteiger partial charge is 0.414 e. The molecule has 114 valence electrons. The quantitative estimate of drug-likeness (QED) is 0.751. The Labute approximate surface area is 139 Å². The Bertz CT molecular complexity index is 641. The number of ether oxygens (including phenoxy) is 1. The molecule has 1 aliphatic carbocycles. The highest BCUT2D eigenvalue weighted by molar-refractivity contribution is 9.10. The van der Waals surface area contributed by atoms with Gasteiger partial charge in [0.05, 0.1) is 0 Å². The number of hydrogen-bond acceptors (Lipinski definition) is 2. The molecule has 0 aromatic heterocycles. The number of halogens is 1. The van der Waals surface area contributed by atoms with Crippen LogP contribution in [0.2, 0.25) is 0 Å². The molecule has 0 radical (unpaired) electrons. The summed E-state index contributed by atoms with van der Waals surface area (Å²) >= 11 is 3.46. The predicted octanol–water partition coefficient (Wildman–Crippen LogP) is 5.00. The second-order valence-corrected chi connectivity index (χ2v) is 6.49. The third-order valence-electron chi connectivity index (χ3n) is 3.68. The standard InChI is InChI=1S/C18H18BrNO2/c19-16-7-4-8-17(11-16)20(12-14-9-10-14)18(21)22-13-15-5-2-1-3-6-15/h1-8,11,14H,9-10,12-13H2. The molecule has 0 spiro atoms. The van der Waals surface area contributed by atoms with Crippen LogP contribution in [-0.2, 0) is 11.3 Å². The molecule has 0 bridgehead atoms. The second-order valence-electron chi connectivity index (χ2n) is 5.57. The van der Waals surface area contributed by atoms with Crippen molar-refractivity contribution in [2.24, 2.45) is 5.92 Å². The van der Waals surface area contributed by atoms with E-state index in [9.17, 15) is 4.79 Å². The van der Waals surface area contributed by atoms with E-state index in [4.69, 9.17) is 4.74 Å². The molecule has 4 heteroatoms. The Morgan fingerprint density at radius 3 is 2.59 bits per heavy atom. The van der Waals surface area contributed by atoms with Gasteiger partial charge in [0.2, 0.25) is 0 Å². The first kappa shape index (κ1) is 15.1. The first-order chi connectivity index (χ1) is 10.7. The number of nitrogens with zero attached hydrogens (tertiary/aromatic N) is 1. The number of rotatable bonds is 5. The number of carbonyl (C=O) groups is 1. The third-order valence-corrected chi connectivity index (χ3v) is 4.18. The number of amides is 1. The molecule has 1 saturated carbocycles. The molecule has 1 fully saturated rings. The molecule has 0 heterocycles. The van der Waals surface area contributed by atoms with Crippen LogP contribution in [0.15, 0.2) is 59.1 Å². The molecule has 3 rings (SSSR count). The van der Waals surface area contributed by atoms with Crippen LogP contribution in [0.25, 0.3) is 0 Å². The van der Waals surface area contributed by atoms with E-state index in [0.29, 0.717) is 12.5 Å². The van der Waals surface area contributed by atoms with E-state index in [1.807, 2.05) is 54.6 Å². The molecule has 0 atom stereocenters. The van der Waals surface area contributed by atoms with Crippen LogP contribution in [0.1, 0.15) is 18.4 Å². The number of carbonyl (C=O) groups excluding carboxylic acids is 1. The maximum atomic E-state index is 12.5. The molecule has 0 N–H and O–H groups in total. The highest BCUT2D eigenvalue weighted by Gasteiger charge is 2.28. The largest absolute Gasteiger partial charge is 0.444 e. The monoisotopic (exact) mass is 359 g/mol. The minimum Gasteiger partial charge on any atom is -0.444 e. The maximum absolute atomic E-state index is 12.5. The lowest BCUT2D eigenvalue weighted by molar-refractivity contribution is 0.147. The Morgan fingerprint density at radius 2 is 1.91 bits per heavy atom. The van der Waals surface area contributed by atoms with Gasteiger partial charge in [0.25, 0.3) is 0 Å². The number of anilines is 1. The molecule has 1 amide bonds. The molecule has 0 aliphatic heterocycles. The molecule has 0 unspecified atom stereocenters. The lowest BCUT2D eigenvalue weighted by atomic mass is 10.2. The van der Waals surface area contributed by atoms with Crippen molar-refractivity contribution in [1.29, 1.82) is 0 Å². The van der Waals surface area contributed by atoms with Gasteiger partial charge in [-0.3, -0.25) is 4.90 Å². The molecule has 0 saturated heterocycles. The van der Waals surface area contributed by atoms with Crippen molar-refractivity contribution in [3.8, 4) is 0 Å². The van der Waals surface area contributed by atoms with Crippen molar-refractivity contribution in [2.45, 2.75) is 19.4 Å². The number of hydrogen-bond donors (Lipinski definition) is 0. The Hall–Kier alpha value is -1.81. The van der Waals surface area contributed by atoms with E-state index in [2.05, 4.69) is 15.9 Å². The summed E-state index contributed by atoms with van der Waals surface area (Å²) in [5.41, 5.74) is 1.87. The summed E-state index contributed by atoms with van der Waals surface area (Å²) in [6.45, 7) is 1.03. The van der Waals surface area contributed by atoms with Crippen LogP contribution < -0.4 is 4.90 Å². The average molecular weight is 360 g/mol. The van der Waals surface area contributed by atoms with Gasteiger partial charge in [0, 0.05) is 16.7 Å². The minimum atomic E-state index is -0.283. The fraction of sp³-hybridized carbons (Fsp3) is 0.278. The summed E-state index contributed by atoms with van der Waals surface area (Å²) in [4.78, 5) is 14.2. The summed E-state index contributed by atoms with van der Waals surface area (Å²) in [7, 11) is 0. The highest BCUT2D eigenvalue weighted by atomic mass is 79.9. The van der Waals surface area contributed by atoms with E-state index < -0.39 is 0 Å². The van der Waals surface area contributed by atoms with Crippen LogP contribution in [0.3, 0.4) is 0 Å². The molecule has 2 aromatic carbocycles. The van der Waals surface area contributed by atoms with Gasteiger partial charge in [0.15, 0.2) is 0 Å². The molecule has 3 nitrogen and oxygen atoms in total. The van der Waals surface area contributed by atoms with E-state index in [-0.39, 0.29) is 6.09 Å². The predicted molar refractivity (Wildman–Crippen MR) is 90.8 cm³/mol. The van der Waals surface area contributed by atoms with Crippen molar-refractivity contribution in [3.05, 3.63) is 64.6 Å². The van der Waals surface area contributed by atoms with Crippen LogP contribution >= 0.6 is 15.9 Å². The van der Waals surface area contributed by atoms with Gasteiger partial charge in [-0.15, -0.1) is 0 Å². The zero-order valence-corrected chi connectivity index (χ0v) is 13.8. The summed E-state index contributed by atoms with van der Waals surface area (Å²) in [6, 6.07) is 17.5. The van der Waals surface area contributed by atoms with Gasteiger partial charge in [-0.05, 0) is 42.5 Å². The molecule has 1 aliphatic rings. The summed E-state index contributed by atoms with van der Waals surface area (Å²) in [6.07, 6.45) is 2.10. The second kappa shape index (κ2) is 6.97. The van der Waals surface area contributed by atoms with Gasteiger partial charge >= 0.3 is 6.09 Å². The maximum Gasteiger partial charge on any atom is 0.414 e. The van der Waals surface area contributed by atoms with Crippen molar-refractivity contribution >= 4 is 27.7 Å².